The molecule has 2 unspecified atom stereocenters. The fraction of sp³-hybridized carbons (Fsp3) is 0.250. The van der Waals surface area contributed by atoms with Gasteiger partial charge in [0.15, 0.2) is 6.10 Å². The summed E-state index contributed by atoms with van der Waals surface area (Å²) in [5, 5.41) is 8.78. The van der Waals surface area contributed by atoms with Gasteiger partial charge in [-0.3, -0.25) is 4.79 Å². The van der Waals surface area contributed by atoms with E-state index in [-0.39, 0.29) is 5.91 Å². The van der Waals surface area contributed by atoms with E-state index in [2.05, 4.69) is 4.99 Å². The number of carbonyl (C=O) groups is 2. The lowest BCUT2D eigenvalue weighted by Crippen LogP contribution is -2.34. The van der Waals surface area contributed by atoms with Crippen LogP contribution in [0.3, 0.4) is 0 Å². The average molecular weight is 233 g/mol. The molecule has 1 aliphatic heterocycles. The van der Waals surface area contributed by atoms with Gasteiger partial charge in [0.2, 0.25) is 0 Å². The lowest BCUT2D eigenvalue weighted by Gasteiger charge is -2.23. The van der Waals surface area contributed by atoms with Gasteiger partial charge in [0.1, 0.15) is 6.10 Å². The Morgan fingerprint density at radius 1 is 1.53 bits per heavy atom. The first-order chi connectivity index (χ1) is 8.08. The Labute approximate surface area is 97.8 Å². The minimum atomic E-state index is -1.05. The van der Waals surface area contributed by atoms with Crippen LogP contribution in [0.1, 0.15) is 6.92 Å². The second kappa shape index (κ2) is 4.47. The third kappa shape index (κ3) is 2.39. The number of hydrogen-bond acceptors (Lipinski definition) is 3. The normalized spacial score (nSPS) is 23.8. The molecule has 0 bridgehead atoms. The van der Waals surface area contributed by atoms with E-state index in [0.717, 1.165) is 5.57 Å². The number of nitrogens with zero attached hydrogens (tertiary/aromatic N) is 1. The van der Waals surface area contributed by atoms with Gasteiger partial charge >= 0.3 is 5.97 Å². The van der Waals surface area contributed by atoms with E-state index in [9.17, 15) is 9.59 Å². The van der Waals surface area contributed by atoms with E-state index in [4.69, 9.17) is 9.84 Å². The molecule has 0 aromatic heterocycles. The highest BCUT2D eigenvalue weighted by atomic mass is 16.5. The number of fused-ring (bicyclic) bond motifs is 1. The van der Waals surface area contributed by atoms with E-state index in [1.807, 2.05) is 0 Å². The molecule has 17 heavy (non-hydrogen) atoms. The van der Waals surface area contributed by atoms with Crippen molar-refractivity contribution in [3.05, 3.63) is 36.0 Å². The Kier molecular flexibility index (Phi) is 3.01. The standard InChI is InChI=1S/C12H11NO4/c1-7(12(15)16)17-9-4-2-3-8-5-6-10(14)13-11(8)9/h2-7,9H,1H3,(H,15,16). The molecule has 1 aliphatic carbocycles. The highest BCUT2D eigenvalue weighted by Crippen LogP contribution is 2.19. The molecule has 2 rings (SSSR count). The first kappa shape index (κ1) is 11.5. The first-order valence-electron chi connectivity index (χ1n) is 5.15. The van der Waals surface area contributed by atoms with Crippen molar-refractivity contribution in [2.45, 2.75) is 19.1 Å². The maximum Gasteiger partial charge on any atom is 0.332 e. The van der Waals surface area contributed by atoms with Crippen LogP contribution in [0, 0.1) is 0 Å². The molecule has 5 nitrogen and oxygen atoms in total. The molecule has 1 N–H and O–H groups in total. The summed E-state index contributed by atoms with van der Waals surface area (Å²) in [5.74, 6) is -1.41. The van der Waals surface area contributed by atoms with E-state index in [0.29, 0.717) is 5.71 Å². The Hall–Kier alpha value is -2.01. The Balaban J connectivity index is 2.20. The molecule has 0 radical (unpaired) electrons. The molecule has 1 amide bonds. The number of aliphatic imine (C=N–C) groups is 1. The zero-order chi connectivity index (χ0) is 12.4. The highest BCUT2D eigenvalue weighted by molar-refractivity contribution is 6.16. The zero-order valence-electron chi connectivity index (χ0n) is 9.16. The van der Waals surface area contributed by atoms with Crippen LogP contribution in [0.2, 0.25) is 0 Å². The minimum absolute atomic E-state index is 0.357. The highest BCUT2D eigenvalue weighted by Gasteiger charge is 2.26. The van der Waals surface area contributed by atoms with Crippen LogP contribution in [-0.4, -0.2) is 34.9 Å². The molecule has 5 heteroatoms. The van der Waals surface area contributed by atoms with Crippen molar-refractivity contribution in [2.24, 2.45) is 4.99 Å². The number of amides is 1. The molecule has 2 aliphatic rings. The summed E-state index contributed by atoms with van der Waals surface area (Å²) in [6, 6.07) is 0. The zero-order valence-corrected chi connectivity index (χ0v) is 9.16. The van der Waals surface area contributed by atoms with Gasteiger partial charge in [-0.05, 0) is 24.6 Å². The van der Waals surface area contributed by atoms with Crippen molar-refractivity contribution >= 4 is 17.6 Å². The maximum atomic E-state index is 11.2. The third-order valence-electron chi connectivity index (χ3n) is 2.46. The van der Waals surface area contributed by atoms with Gasteiger partial charge in [-0.1, -0.05) is 12.2 Å². The topological polar surface area (TPSA) is 76.0 Å². The van der Waals surface area contributed by atoms with Crippen molar-refractivity contribution in [3.8, 4) is 0 Å². The largest absolute Gasteiger partial charge is 0.479 e. The number of carboxylic acid groups (broad SMARTS) is 1. The van der Waals surface area contributed by atoms with E-state index in [1.165, 1.54) is 13.0 Å². The lowest BCUT2D eigenvalue weighted by atomic mass is 9.97. The minimum Gasteiger partial charge on any atom is -0.479 e. The predicted octanol–water partition coefficient (Wildman–Crippen LogP) is 0.878. The molecular weight excluding hydrogens is 222 g/mol. The molecule has 88 valence electrons. The Morgan fingerprint density at radius 3 is 3.00 bits per heavy atom. The molecule has 0 saturated heterocycles. The van der Waals surface area contributed by atoms with E-state index < -0.39 is 18.2 Å². The van der Waals surface area contributed by atoms with Crippen LogP contribution in [-0.2, 0) is 14.3 Å². The van der Waals surface area contributed by atoms with Crippen molar-refractivity contribution in [1.29, 1.82) is 0 Å². The number of aliphatic carboxylic acids is 1. The van der Waals surface area contributed by atoms with Gasteiger partial charge in [0.25, 0.3) is 5.91 Å². The number of carbonyl (C=O) groups excluding carboxylic acids is 1. The number of carboxylic acids is 1. The quantitative estimate of drug-likeness (QED) is 0.785. The van der Waals surface area contributed by atoms with Gasteiger partial charge in [-0.15, -0.1) is 0 Å². The van der Waals surface area contributed by atoms with Gasteiger partial charge in [0.05, 0.1) is 5.71 Å². The third-order valence-corrected chi connectivity index (χ3v) is 2.46. The molecule has 1 heterocycles. The lowest BCUT2D eigenvalue weighted by molar-refractivity contribution is -0.149. The van der Waals surface area contributed by atoms with Crippen molar-refractivity contribution < 1.29 is 19.4 Å². The smallest absolute Gasteiger partial charge is 0.332 e. The molecule has 0 fully saturated rings. The SMILES string of the molecule is CC(OC1C=CC=C2C=CC(=O)N=C21)C(=O)O. The Morgan fingerprint density at radius 2 is 2.29 bits per heavy atom. The molecule has 0 saturated carbocycles. The number of hydrogen-bond donors (Lipinski definition) is 1. The molecule has 0 aromatic rings. The Bertz CT molecular complexity index is 485. The summed E-state index contributed by atoms with van der Waals surface area (Å²) in [4.78, 5) is 25.8. The van der Waals surface area contributed by atoms with Crippen molar-refractivity contribution in [3.63, 3.8) is 0 Å². The van der Waals surface area contributed by atoms with Crippen LogP contribution in [0.4, 0.5) is 0 Å². The van der Waals surface area contributed by atoms with Gasteiger partial charge in [-0.25, -0.2) is 9.79 Å². The monoisotopic (exact) mass is 233 g/mol. The fourth-order valence-electron chi connectivity index (χ4n) is 1.58. The van der Waals surface area contributed by atoms with Crippen LogP contribution >= 0.6 is 0 Å². The first-order valence-corrected chi connectivity index (χ1v) is 5.15. The van der Waals surface area contributed by atoms with Crippen molar-refractivity contribution in [1.82, 2.24) is 0 Å². The van der Waals surface area contributed by atoms with E-state index >= 15 is 0 Å². The fourth-order valence-corrected chi connectivity index (χ4v) is 1.58. The van der Waals surface area contributed by atoms with Crippen molar-refractivity contribution in [2.75, 3.05) is 0 Å². The number of dihydropyridines is 1. The number of rotatable bonds is 3. The molecular formula is C12H11NO4. The second-order valence-electron chi connectivity index (χ2n) is 3.71. The van der Waals surface area contributed by atoms with Crippen LogP contribution in [0.25, 0.3) is 0 Å². The average Bonchev–Trinajstić information content (AvgIpc) is 2.29. The summed E-state index contributed by atoms with van der Waals surface area (Å²) < 4.78 is 5.33. The predicted molar refractivity (Wildman–Crippen MR) is 60.8 cm³/mol. The summed E-state index contributed by atoms with van der Waals surface area (Å²) in [6.45, 7) is 1.44. The number of ether oxygens (including phenoxy) is 1. The molecule has 0 aromatic carbocycles. The summed E-state index contributed by atoms with van der Waals surface area (Å²) >= 11 is 0. The van der Waals surface area contributed by atoms with Crippen LogP contribution in [0.15, 0.2) is 40.9 Å². The summed E-state index contributed by atoms with van der Waals surface area (Å²) in [5.41, 5.74) is 1.24. The van der Waals surface area contributed by atoms with Gasteiger partial charge in [0, 0.05) is 6.08 Å². The maximum absolute atomic E-state index is 11.2. The summed E-state index contributed by atoms with van der Waals surface area (Å²) in [7, 11) is 0. The molecule has 2 atom stereocenters. The van der Waals surface area contributed by atoms with Gasteiger partial charge in [-0.2, -0.15) is 0 Å². The van der Waals surface area contributed by atoms with E-state index in [1.54, 1.807) is 24.3 Å². The van der Waals surface area contributed by atoms with Gasteiger partial charge < -0.3 is 9.84 Å². The van der Waals surface area contributed by atoms with Crippen LogP contribution < -0.4 is 0 Å². The summed E-state index contributed by atoms with van der Waals surface area (Å²) in [6.07, 6.45) is 6.71. The number of allylic oxidation sites excluding steroid dienone is 3. The van der Waals surface area contributed by atoms with Crippen LogP contribution in [0.5, 0.6) is 0 Å². The second-order valence-corrected chi connectivity index (χ2v) is 3.71. The molecule has 0 spiro atoms.